The summed E-state index contributed by atoms with van der Waals surface area (Å²) >= 11 is 8.51. The predicted octanol–water partition coefficient (Wildman–Crippen LogP) is 5.94. The number of fused-ring (bicyclic) bond motifs is 2. The summed E-state index contributed by atoms with van der Waals surface area (Å²) in [5.41, 5.74) is 1.36. The van der Waals surface area contributed by atoms with E-state index in [9.17, 15) is 0 Å². The fourth-order valence-corrected chi connectivity index (χ4v) is 6.65. The number of nitrogens with zero attached hydrogens (tertiary/aromatic N) is 3. The molecule has 1 unspecified atom stereocenters. The topological polar surface area (TPSA) is 76.9 Å². The molecule has 36 heavy (non-hydrogen) atoms. The van der Waals surface area contributed by atoms with Gasteiger partial charge in [0.1, 0.15) is 22.6 Å². The van der Waals surface area contributed by atoms with E-state index in [1.165, 1.54) is 0 Å². The molecular weight excluding hydrogens is 629 g/mol. The molecule has 0 bridgehead atoms. The van der Waals surface area contributed by atoms with E-state index in [1.807, 2.05) is 10.6 Å². The van der Waals surface area contributed by atoms with Gasteiger partial charge in [-0.1, -0.05) is 52.0 Å². The predicted molar refractivity (Wildman–Crippen MR) is 155 cm³/mol. The Bertz CT molecular complexity index is 1090. The number of aromatic nitrogens is 3. The Morgan fingerprint density at radius 3 is 2.36 bits per heavy atom. The Morgan fingerprint density at radius 2 is 1.72 bits per heavy atom. The van der Waals surface area contributed by atoms with E-state index < -0.39 is 16.4 Å². The van der Waals surface area contributed by atoms with Crippen LogP contribution >= 0.6 is 34.2 Å². The van der Waals surface area contributed by atoms with Crippen LogP contribution in [-0.4, -0.2) is 75.2 Å². The second-order valence-corrected chi connectivity index (χ2v) is 24.2. The second-order valence-electron chi connectivity index (χ2n) is 12.4. The van der Waals surface area contributed by atoms with Gasteiger partial charge in [-0.2, -0.15) is 4.98 Å². The van der Waals surface area contributed by atoms with E-state index in [0.717, 1.165) is 11.6 Å². The van der Waals surface area contributed by atoms with Crippen molar-refractivity contribution in [3.8, 4) is 6.01 Å². The van der Waals surface area contributed by atoms with E-state index >= 15 is 0 Å². The fourth-order valence-electron chi connectivity index (χ4n) is 4.05. The van der Waals surface area contributed by atoms with Gasteiger partial charge in [-0.05, 0) is 52.8 Å². The summed E-state index contributed by atoms with van der Waals surface area (Å²) in [6.45, 7) is 20.2. The van der Waals surface area contributed by atoms with Crippen LogP contribution in [0, 0.1) is 3.70 Å². The van der Waals surface area contributed by atoms with Gasteiger partial charge >= 0.3 is 6.01 Å². The van der Waals surface area contributed by atoms with Gasteiger partial charge in [-0.3, -0.25) is 4.57 Å². The van der Waals surface area contributed by atoms with Gasteiger partial charge in [0.2, 0.25) is 0 Å². The van der Waals surface area contributed by atoms with Gasteiger partial charge in [-0.15, -0.1) is 0 Å². The maximum Gasteiger partial charge on any atom is 0.301 e. The minimum atomic E-state index is -1.95. The molecule has 0 radical (unpaired) electrons. The van der Waals surface area contributed by atoms with E-state index in [0.29, 0.717) is 46.9 Å². The van der Waals surface area contributed by atoms with Crippen molar-refractivity contribution in [1.29, 1.82) is 0 Å². The van der Waals surface area contributed by atoms with E-state index in [4.69, 9.17) is 35.0 Å². The molecule has 2 fully saturated rings. The van der Waals surface area contributed by atoms with E-state index in [-0.39, 0.29) is 29.5 Å². The lowest BCUT2D eigenvalue weighted by Gasteiger charge is -2.39. The molecule has 202 valence electrons. The number of halogens is 2. The number of imidazole rings is 1. The zero-order valence-corrected chi connectivity index (χ0v) is 27.5. The highest BCUT2D eigenvalue weighted by atomic mass is 127. The van der Waals surface area contributed by atoms with Crippen LogP contribution in [0.1, 0.15) is 20.8 Å². The minimum Gasteiger partial charge on any atom is -0.456 e. The first-order valence-corrected chi connectivity index (χ1v) is 20.6. The molecule has 0 aliphatic carbocycles. The third-order valence-corrected chi connectivity index (χ3v) is 14.9. The Morgan fingerprint density at radius 1 is 1.08 bits per heavy atom. The molecule has 0 spiro atoms. The Hall–Kier alpha value is -0.286. The third kappa shape index (κ3) is 6.29. The van der Waals surface area contributed by atoms with Crippen molar-refractivity contribution in [3.63, 3.8) is 0 Å². The average molecular weight is 668 g/mol. The number of hydrogen-bond donors (Lipinski definition) is 0. The van der Waals surface area contributed by atoms with Gasteiger partial charge in [0.25, 0.3) is 0 Å². The van der Waals surface area contributed by atoms with Gasteiger partial charge in [0.05, 0.1) is 29.9 Å². The average Bonchev–Trinajstić information content (AvgIpc) is 3.40. The molecule has 8 nitrogen and oxygen atoms in total. The first kappa shape index (κ1) is 28.7. The molecule has 2 aliphatic heterocycles. The maximum absolute atomic E-state index is 6.64. The lowest BCUT2D eigenvalue weighted by atomic mass is 10.1. The molecule has 2 aliphatic rings. The normalized spacial score (nSPS) is 25.1. The summed E-state index contributed by atoms with van der Waals surface area (Å²) < 4.78 is 34.1. The van der Waals surface area contributed by atoms with Crippen molar-refractivity contribution in [2.45, 2.75) is 95.7 Å². The lowest BCUT2D eigenvalue weighted by molar-refractivity contribution is 0.00691. The molecule has 12 heteroatoms. The highest BCUT2D eigenvalue weighted by Gasteiger charge is 2.52. The second kappa shape index (κ2) is 10.7. The first-order chi connectivity index (χ1) is 16.7. The van der Waals surface area contributed by atoms with Crippen molar-refractivity contribution < 1.29 is 23.4 Å². The van der Waals surface area contributed by atoms with Crippen molar-refractivity contribution in [1.82, 2.24) is 14.5 Å². The number of ether oxygens (including phenoxy) is 4. The van der Waals surface area contributed by atoms with Crippen LogP contribution in [0.2, 0.25) is 48.8 Å². The van der Waals surface area contributed by atoms with Crippen molar-refractivity contribution in [3.05, 3.63) is 14.8 Å². The lowest BCUT2D eigenvalue weighted by Crippen LogP contribution is -2.47. The summed E-state index contributed by atoms with van der Waals surface area (Å²) in [6, 6.07) is 3.39. The van der Waals surface area contributed by atoms with E-state index in [2.05, 4.69) is 86.1 Å². The first-order valence-electron chi connectivity index (χ1n) is 12.5. The van der Waals surface area contributed by atoms with Crippen LogP contribution in [0.15, 0.2) is 6.07 Å². The molecule has 0 N–H and O–H groups in total. The molecule has 0 aromatic carbocycles. The van der Waals surface area contributed by atoms with E-state index in [1.54, 1.807) is 0 Å². The Labute approximate surface area is 235 Å². The maximum atomic E-state index is 6.64. The molecule has 2 saturated heterocycles. The zero-order valence-electron chi connectivity index (χ0n) is 22.6. The van der Waals surface area contributed by atoms with Crippen LogP contribution < -0.4 is 4.74 Å². The summed E-state index contributed by atoms with van der Waals surface area (Å²) in [5.74, 6) is 0. The van der Waals surface area contributed by atoms with Crippen molar-refractivity contribution in [2.75, 3.05) is 19.8 Å². The van der Waals surface area contributed by atoms with Gasteiger partial charge in [-0.25, -0.2) is 4.98 Å². The molecule has 0 amide bonds. The third-order valence-electron chi connectivity index (χ3n) is 7.31. The SMILES string of the molecule is CC(C)(C)[Si](C)(C)OC1CO[C@H]2[C@@H]1OC[C@H]2Oc1nc2nc(I)c(Cl)cc2n1COCC[Si](C)(C)C. The smallest absolute Gasteiger partial charge is 0.301 e. The molecular formula is C24H39ClIN3O5Si2. The van der Waals surface area contributed by atoms with Crippen molar-refractivity contribution >= 4 is 61.7 Å². The number of pyridine rings is 1. The molecule has 2 aromatic rings. The molecule has 4 heterocycles. The monoisotopic (exact) mass is 667 g/mol. The number of rotatable bonds is 9. The summed E-state index contributed by atoms with van der Waals surface area (Å²) in [5, 5.41) is 0.693. The molecule has 0 saturated carbocycles. The van der Waals surface area contributed by atoms with Crippen LogP contribution in [0.5, 0.6) is 6.01 Å². The Kier molecular flexibility index (Phi) is 8.54. The standard InChI is InChI=1S/C24H39ClIN3O5Si2/c1-24(2,3)36(7,8)34-18-13-32-19-17(12-31-20(18)19)33-23-28-22-16(11-15(25)21(26)27-22)29(23)14-30-9-10-35(4,5)6/h11,17-20H,9-10,12-14H2,1-8H3/t17-,18?,19-,20-/m1/s1. The quantitative estimate of drug-likeness (QED) is 0.142. The fraction of sp³-hybridized carbons (Fsp3) is 0.750. The molecule has 4 atom stereocenters. The summed E-state index contributed by atoms with van der Waals surface area (Å²) in [4.78, 5) is 9.25. The molecule has 2 aromatic heterocycles. The van der Waals surface area contributed by atoms with Crippen LogP contribution in [0.4, 0.5) is 0 Å². The van der Waals surface area contributed by atoms with Gasteiger partial charge in [0, 0.05) is 14.7 Å². The minimum absolute atomic E-state index is 0.0877. The van der Waals surface area contributed by atoms with Crippen LogP contribution in [0.25, 0.3) is 11.2 Å². The highest BCUT2D eigenvalue weighted by molar-refractivity contribution is 14.1. The highest BCUT2D eigenvalue weighted by Crippen LogP contribution is 2.40. The zero-order chi connectivity index (χ0) is 26.5. The summed E-state index contributed by atoms with van der Waals surface area (Å²) in [7, 11) is -3.15. The molecule has 4 rings (SSSR count). The Balaban J connectivity index is 1.51. The largest absolute Gasteiger partial charge is 0.456 e. The summed E-state index contributed by atoms with van der Waals surface area (Å²) in [6.07, 6.45) is -0.744. The van der Waals surface area contributed by atoms with Gasteiger partial charge in [0.15, 0.2) is 20.1 Å². The van der Waals surface area contributed by atoms with Crippen LogP contribution in [0.3, 0.4) is 0 Å². The van der Waals surface area contributed by atoms with Crippen LogP contribution in [-0.2, 0) is 25.4 Å². The van der Waals surface area contributed by atoms with Gasteiger partial charge < -0.3 is 23.4 Å². The number of hydrogen-bond acceptors (Lipinski definition) is 7. The van der Waals surface area contributed by atoms with Crippen molar-refractivity contribution in [2.24, 2.45) is 0 Å².